The number of para-hydroxylation sites is 1. The Hall–Kier alpha value is -3.42. The quantitative estimate of drug-likeness (QED) is 0.689. The van der Waals surface area contributed by atoms with E-state index < -0.39 is 0 Å². The third kappa shape index (κ3) is 4.41. The van der Waals surface area contributed by atoms with E-state index in [2.05, 4.69) is 15.6 Å². The first-order valence-electron chi connectivity index (χ1n) is 8.60. The van der Waals surface area contributed by atoms with E-state index >= 15 is 0 Å². The lowest BCUT2D eigenvalue weighted by molar-refractivity contribution is -0.135. The first-order chi connectivity index (χ1) is 13.1. The van der Waals surface area contributed by atoms with Crippen molar-refractivity contribution in [2.75, 3.05) is 25.5 Å². The largest absolute Gasteiger partial charge is 0.497 e. The van der Waals surface area contributed by atoms with Crippen LogP contribution in [0.15, 0.2) is 48.5 Å². The normalized spacial score (nSPS) is 10.6. The third-order valence-corrected chi connectivity index (χ3v) is 4.13. The molecule has 0 radical (unpaired) electrons. The van der Waals surface area contributed by atoms with Crippen LogP contribution in [0.4, 0.5) is 5.69 Å². The Labute approximate surface area is 156 Å². The zero-order valence-corrected chi connectivity index (χ0v) is 15.3. The van der Waals surface area contributed by atoms with Crippen molar-refractivity contribution in [3.05, 3.63) is 48.5 Å². The van der Waals surface area contributed by atoms with Crippen molar-refractivity contribution in [2.24, 2.45) is 0 Å². The number of amides is 2. The number of nitrogens with one attached hydrogen (secondary N) is 1. The number of nitrogens with zero attached hydrogens (tertiary/aromatic N) is 4. The predicted octanol–water partition coefficient (Wildman–Crippen LogP) is 1.93. The number of carbonyl (C=O) groups excluding carboxylic acids is 2. The van der Waals surface area contributed by atoms with E-state index in [0.717, 1.165) is 11.0 Å². The topological polar surface area (TPSA) is 89.4 Å². The summed E-state index contributed by atoms with van der Waals surface area (Å²) in [4.78, 5) is 26.4. The van der Waals surface area contributed by atoms with Crippen molar-refractivity contribution >= 4 is 28.5 Å². The molecule has 0 aliphatic rings. The maximum absolute atomic E-state index is 12.6. The average molecular weight is 367 g/mol. The van der Waals surface area contributed by atoms with Crippen LogP contribution in [-0.2, 0) is 16.1 Å². The van der Waals surface area contributed by atoms with Crippen LogP contribution in [0.2, 0.25) is 0 Å². The van der Waals surface area contributed by atoms with E-state index in [1.807, 2.05) is 31.2 Å². The Bertz CT molecular complexity index is 953. The number of carbonyl (C=O) groups is 2. The average Bonchev–Trinajstić information content (AvgIpc) is 3.09. The highest BCUT2D eigenvalue weighted by molar-refractivity contribution is 5.94. The summed E-state index contributed by atoms with van der Waals surface area (Å²) in [5.41, 5.74) is 2.12. The van der Waals surface area contributed by atoms with Crippen molar-refractivity contribution in [3.8, 4) is 5.75 Å². The molecule has 8 nitrogen and oxygen atoms in total. The Morgan fingerprint density at radius 1 is 1.19 bits per heavy atom. The number of benzene rings is 2. The van der Waals surface area contributed by atoms with Crippen LogP contribution in [0.3, 0.4) is 0 Å². The molecule has 8 heteroatoms. The predicted molar refractivity (Wildman–Crippen MR) is 101 cm³/mol. The van der Waals surface area contributed by atoms with E-state index in [1.54, 1.807) is 36.1 Å². The molecule has 0 aliphatic heterocycles. The molecule has 0 spiro atoms. The molecule has 27 heavy (non-hydrogen) atoms. The molecule has 1 heterocycles. The Morgan fingerprint density at radius 2 is 2.00 bits per heavy atom. The highest BCUT2D eigenvalue weighted by Gasteiger charge is 2.18. The summed E-state index contributed by atoms with van der Waals surface area (Å²) in [5.74, 6) is 0.171. The van der Waals surface area contributed by atoms with Crippen LogP contribution < -0.4 is 10.1 Å². The highest BCUT2D eigenvalue weighted by Crippen LogP contribution is 2.16. The molecule has 0 unspecified atom stereocenters. The van der Waals surface area contributed by atoms with E-state index in [-0.39, 0.29) is 24.9 Å². The van der Waals surface area contributed by atoms with E-state index in [4.69, 9.17) is 4.74 Å². The van der Waals surface area contributed by atoms with Crippen molar-refractivity contribution < 1.29 is 14.3 Å². The number of likely N-dealkylation sites (N-methyl/N-ethyl adjacent to an activating group) is 1. The summed E-state index contributed by atoms with van der Waals surface area (Å²) >= 11 is 0. The van der Waals surface area contributed by atoms with Gasteiger partial charge < -0.3 is 15.0 Å². The van der Waals surface area contributed by atoms with Crippen molar-refractivity contribution in [2.45, 2.75) is 13.5 Å². The van der Waals surface area contributed by atoms with Gasteiger partial charge >= 0.3 is 0 Å². The zero-order valence-electron chi connectivity index (χ0n) is 15.3. The molecule has 3 aromatic rings. The summed E-state index contributed by atoms with van der Waals surface area (Å²) < 4.78 is 6.68. The maximum atomic E-state index is 12.6. The molecule has 0 fully saturated rings. The number of aromatic nitrogens is 3. The van der Waals surface area contributed by atoms with Gasteiger partial charge in [-0.1, -0.05) is 23.4 Å². The fourth-order valence-electron chi connectivity index (χ4n) is 2.71. The summed E-state index contributed by atoms with van der Waals surface area (Å²) in [5, 5.41) is 10.8. The van der Waals surface area contributed by atoms with Gasteiger partial charge in [0.2, 0.25) is 11.8 Å². The Morgan fingerprint density at radius 3 is 2.78 bits per heavy atom. The lowest BCUT2D eigenvalue weighted by atomic mass is 10.3. The molecule has 0 saturated heterocycles. The third-order valence-electron chi connectivity index (χ3n) is 4.13. The van der Waals surface area contributed by atoms with Crippen LogP contribution in [0.1, 0.15) is 6.92 Å². The van der Waals surface area contributed by atoms with Gasteiger partial charge in [-0.05, 0) is 31.2 Å². The minimum absolute atomic E-state index is 0.0286. The molecular weight excluding hydrogens is 346 g/mol. The van der Waals surface area contributed by atoms with Gasteiger partial charge in [0.25, 0.3) is 0 Å². The second-order valence-electron chi connectivity index (χ2n) is 5.92. The zero-order chi connectivity index (χ0) is 19.2. The van der Waals surface area contributed by atoms with Gasteiger partial charge in [0.1, 0.15) is 17.8 Å². The SMILES string of the molecule is CCN(CC(=O)Nc1cccc(OC)c1)C(=O)Cn1nnc2ccccc21. The van der Waals surface area contributed by atoms with Crippen molar-refractivity contribution in [3.63, 3.8) is 0 Å². The number of anilines is 1. The summed E-state index contributed by atoms with van der Waals surface area (Å²) in [6.45, 7) is 2.23. The van der Waals surface area contributed by atoms with E-state index in [9.17, 15) is 9.59 Å². The fraction of sp³-hybridized carbons (Fsp3) is 0.263. The smallest absolute Gasteiger partial charge is 0.244 e. The van der Waals surface area contributed by atoms with Gasteiger partial charge in [-0.3, -0.25) is 9.59 Å². The minimum Gasteiger partial charge on any atom is -0.497 e. The maximum Gasteiger partial charge on any atom is 0.244 e. The highest BCUT2D eigenvalue weighted by atomic mass is 16.5. The van der Waals surface area contributed by atoms with E-state index in [1.165, 1.54) is 4.90 Å². The molecule has 1 N–H and O–H groups in total. The van der Waals surface area contributed by atoms with Gasteiger partial charge in [0.05, 0.1) is 19.2 Å². The van der Waals surface area contributed by atoms with Crippen molar-refractivity contribution in [1.29, 1.82) is 0 Å². The summed E-state index contributed by atoms with van der Waals surface area (Å²) in [7, 11) is 1.56. The molecule has 3 rings (SSSR count). The molecule has 0 atom stereocenters. The summed E-state index contributed by atoms with van der Waals surface area (Å²) in [6.07, 6.45) is 0. The monoisotopic (exact) mass is 367 g/mol. The van der Waals surface area contributed by atoms with Gasteiger partial charge in [0, 0.05) is 18.3 Å². The van der Waals surface area contributed by atoms with Gasteiger partial charge in [-0.2, -0.15) is 0 Å². The second kappa shape index (κ2) is 8.31. The first-order valence-corrected chi connectivity index (χ1v) is 8.60. The molecule has 2 aromatic carbocycles. The minimum atomic E-state index is -0.276. The molecule has 0 saturated carbocycles. The molecule has 0 bridgehead atoms. The number of hydrogen-bond acceptors (Lipinski definition) is 5. The van der Waals surface area contributed by atoms with Crippen LogP contribution in [0.25, 0.3) is 11.0 Å². The van der Waals surface area contributed by atoms with Crippen LogP contribution in [0.5, 0.6) is 5.75 Å². The number of hydrogen-bond donors (Lipinski definition) is 1. The van der Waals surface area contributed by atoms with Crippen LogP contribution in [0, 0.1) is 0 Å². The molecule has 0 aliphatic carbocycles. The molecule has 1 aromatic heterocycles. The lowest BCUT2D eigenvalue weighted by Gasteiger charge is -2.20. The number of fused-ring (bicyclic) bond motifs is 1. The molecule has 140 valence electrons. The van der Waals surface area contributed by atoms with Crippen LogP contribution >= 0.6 is 0 Å². The number of methoxy groups -OCH3 is 1. The Balaban J connectivity index is 1.63. The molecular formula is C19H21N5O3. The van der Waals surface area contributed by atoms with Gasteiger partial charge in [-0.15, -0.1) is 5.10 Å². The lowest BCUT2D eigenvalue weighted by Crippen LogP contribution is -2.39. The Kier molecular flexibility index (Phi) is 5.65. The molecule has 2 amide bonds. The standard InChI is InChI=1S/C19H21N5O3/c1-3-23(12-18(25)20-14-7-6-8-15(11-14)27-2)19(26)13-24-17-10-5-4-9-16(17)21-22-24/h4-11H,3,12-13H2,1-2H3,(H,20,25). The number of rotatable bonds is 7. The van der Waals surface area contributed by atoms with Crippen LogP contribution in [-0.4, -0.2) is 51.9 Å². The summed E-state index contributed by atoms with van der Waals surface area (Å²) in [6, 6.07) is 14.5. The van der Waals surface area contributed by atoms with Crippen molar-refractivity contribution in [1.82, 2.24) is 19.9 Å². The number of ether oxygens (including phenoxy) is 1. The fourth-order valence-corrected chi connectivity index (χ4v) is 2.71. The van der Waals surface area contributed by atoms with Gasteiger partial charge in [0.15, 0.2) is 0 Å². The second-order valence-corrected chi connectivity index (χ2v) is 5.92. The van der Waals surface area contributed by atoms with Gasteiger partial charge in [-0.25, -0.2) is 4.68 Å². The van der Waals surface area contributed by atoms with E-state index in [0.29, 0.717) is 18.0 Å². The first kappa shape index (κ1) is 18.4.